The minimum absolute atomic E-state index is 0.110. The summed E-state index contributed by atoms with van der Waals surface area (Å²) in [5.41, 5.74) is 2.85. The number of anilines is 1. The Labute approximate surface area is 115 Å². The minimum atomic E-state index is -0.110. The highest BCUT2D eigenvalue weighted by molar-refractivity contribution is 5.58. The summed E-state index contributed by atoms with van der Waals surface area (Å²) < 4.78 is 13.5. The van der Waals surface area contributed by atoms with Crippen molar-refractivity contribution in [1.82, 2.24) is 5.32 Å². The Morgan fingerprint density at radius 1 is 1.32 bits per heavy atom. The third-order valence-electron chi connectivity index (χ3n) is 4.98. The van der Waals surface area contributed by atoms with E-state index in [9.17, 15) is 4.39 Å². The molecule has 2 aliphatic rings. The van der Waals surface area contributed by atoms with Crippen molar-refractivity contribution in [3.05, 3.63) is 29.6 Å². The number of benzene rings is 1. The molecule has 1 saturated heterocycles. The molecule has 1 fully saturated rings. The molecule has 104 valence electrons. The van der Waals surface area contributed by atoms with Crippen molar-refractivity contribution >= 4 is 5.69 Å². The van der Waals surface area contributed by atoms with Crippen LogP contribution in [-0.4, -0.2) is 26.2 Å². The maximum absolute atomic E-state index is 13.5. The lowest BCUT2D eigenvalue weighted by Gasteiger charge is -2.40. The molecule has 0 atom stereocenters. The third kappa shape index (κ3) is 2.48. The standard InChI is InChI=1S/C16H23FN2/c1-2-16(6-8-18-9-7-16)12-19-10-5-13-3-4-14(17)11-15(13)19/h3-4,11,18H,2,5-10,12H2,1H3. The normalized spacial score (nSPS) is 21.5. The van der Waals surface area contributed by atoms with Crippen LogP contribution in [-0.2, 0) is 6.42 Å². The lowest BCUT2D eigenvalue weighted by Crippen LogP contribution is -2.44. The summed E-state index contributed by atoms with van der Waals surface area (Å²) in [6, 6.07) is 5.25. The van der Waals surface area contributed by atoms with E-state index >= 15 is 0 Å². The number of piperidine rings is 1. The van der Waals surface area contributed by atoms with Gasteiger partial charge in [-0.3, -0.25) is 0 Å². The number of hydrogen-bond acceptors (Lipinski definition) is 2. The average molecular weight is 262 g/mol. The van der Waals surface area contributed by atoms with Gasteiger partial charge in [-0.05, 0) is 61.9 Å². The number of rotatable bonds is 3. The first-order chi connectivity index (χ1) is 9.22. The lowest BCUT2D eigenvalue weighted by atomic mass is 9.76. The Kier molecular flexibility index (Phi) is 3.48. The van der Waals surface area contributed by atoms with Crippen molar-refractivity contribution in [1.29, 1.82) is 0 Å². The maximum Gasteiger partial charge on any atom is 0.125 e. The zero-order valence-electron chi connectivity index (χ0n) is 11.7. The second kappa shape index (κ2) is 5.12. The van der Waals surface area contributed by atoms with Crippen LogP contribution in [0.5, 0.6) is 0 Å². The molecule has 0 unspecified atom stereocenters. The fourth-order valence-corrected chi connectivity index (χ4v) is 3.57. The first-order valence-corrected chi connectivity index (χ1v) is 7.47. The van der Waals surface area contributed by atoms with Crippen LogP contribution in [0.4, 0.5) is 10.1 Å². The average Bonchev–Trinajstić information content (AvgIpc) is 2.82. The Morgan fingerprint density at radius 2 is 2.11 bits per heavy atom. The van der Waals surface area contributed by atoms with Crippen LogP contribution in [0.2, 0.25) is 0 Å². The molecule has 2 heterocycles. The van der Waals surface area contributed by atoms with E-state index in [1.165, 1.54) is 24.8 Å². The van der Waals surface area contributed by atoms with Crippen LogP contribution in [0.1, 0.15) is 31.7 Å². The highest BCUT2D eigenvalue weighted by atomic mass is 19.1. The predicted octanol–water partition coefficient (Wildman–Crippen LogP) is 2.97. The van der Waals surface area contributed by atoms with E-state index in [0.717, 1.165) is 38.3 Å². The Hall–Kier alpha value is -1.09. The molecule has 1 N–H and O–H groups in total. The first kappa shape index (κ1) is 12.9. The third-order valence-corrected chi connectivity index (χ3v) is 4.98. The van der Waals surface area contributed by atoms with Gasteiger partial charge in [0.1, 0.15) is 5.82 Å². The highest BCUT2D eigenvalue weighted by Gasteiger charge is 2.34. The van der Waals surface area contributed by atoms with Gasteiger partial charge < -0.3 is 10.2 Å². The van der Waals surface area contributed by atoms with Crippen LogP contribution in [0, 0.1) is 11.2 Å². The summed E-state index contributed by atoms with van der Waals surface area (Å²) >= 11 is 0. The molecule has 0 aromatic heterocycles. The van der Waals surface area contributed by atoms with E-state index in [1.54, 1.807) is 12.1 Å². The second-order valence-electron chi connectivity index (χ2n) is 6.05. The number of nitrogens with zero attached hydrogens (tertiary/aromatic N) is 1. The molecule has 19 heavy (non-hydrogen) atoms. The zero-order valence-corrected chi connectivity index (χ0v) is 11.7. The number of hydrogen-bond donors (Lipinski definition) is 1. The predicted molar refractivity (Wildman–Crippen MR) is 77.1 cm³/mol. The monoisotopic (exact) mass is 262 g/mol. The molecular weight excluding hydrogens is 239 g/mol. The van der Waals surface area contributed by atoms with Crippen LogP contribution in [0.3, 0.4) is 0 Å². The molecule has 2 nitrogen and oxygen atoms in total. The van der Waals surface area contributed by atoms with Gasteiger partial charge in [-0.2, -0.15) is 0 Å². The molecule has 3 heteroatoms. The fraction of sp³-hybridized carbons (Fsp3) is 0.625. The number of nitrogens with one attached hydrogen (secondary N) is 1. The van der Waals surface area contributed by atoms with E-state index in [1.807, 2.05) is 6.07 Å². The van der Waals surface area contributed by atoms with Crippen molar-refractivity contribution in [2.45, 2.75) is 32.6 Å². The maximum atomic E-state index is 13.5. The summed E-state index contributed by atoms with van der Waals surface area (Å²) in [6.07, 6.45) is 4.76. The minimum Gasteiger partial charge on any atom is -0.370 e. The number of halogens is 1. The van der Waals surface area contributed by atoms with Gasteiger partial charge in [0.05, 0.1) is 0 Å². The fourth-order valence-electron chi connectivity index (χ4n) is 3.57. The molecule has 0 spiro atoms. The van der Waals surface area contributed by atoms with E-state index in [-0.39, 0.29) is 5.82 Å². The quantitative estimate of drug-likeness (QED) is 0.901. The lowest BCUT2D eigenvalue weighted by molar-refractivity contribution is 0.199. The van der Waals surface area contributed by atoms with Crippen molar-refractivity contribution in [3.63, 3.8) is 0 Å². The van der Waals surface area contributed by atoms with Crippen molar-refractivity contribution in [3.8, 4) is 0 Å². The van der Waals surface area contributed by atoms with E-state index in [2.05, 4.69) is 17.1 Å². The Balaban J connectivity index is 1.79. The summed E-state index contributed by atoms with van der Waals surface area (Å²) in [5, 5.41) is 3.45. The molecule has 0 saturated carbocycles. The van der Waals surface area contributed by atoms with Crippen LogP contribution in [0.15, 0.2) is 18.2 Å². The van der Waals surface area contributed by atoms with Gasteiger partial charge in [-0.15, -0.1) is 0 Å². The largest absolute Gasteiger partial charge is 0.370 e. The smallest absolute Gasteiger partial charge is 0.125 e. The Bertz CT molecular complexity index is 452. The molecule has 2 aliphatic heterocycles. The summed E-state index contributed by atoms with van der Waals surface area (Å²) in [7, 11) is 0. The van der Waals surface area contributed by atoms with Gasteiger partial charge in [0, 0.05) is 18.8 Å². The number of fused-ring (bicyclic) bond motifs is 1. The van der Waals surface area contributed by atoms with Crippen molar-refractivity contribution in [2.24, 2.45) is 5.41 Å². The molecule has 1 aromatic rings. The SMILES string of the molecule is CCC1(CN2CCc3ccc(F)cc32)CCNCC1. The van der Waals surface area contributed by atoms with E-state index in [0.29, 0.717) is 5.41 Å². The van der Waals surface area contributed by atoms with Crippen molar-refractivity contribution < 1.29 is 4.39 Å². The van der Waals surface area contributed by atoms with E-state index < -0.39 is 0 Å². The van der Waals surface area contributed by atoms with Crippen LogP contribution in [0.25, 0.3) is 0 Å². The molecular formula is C16H23FN2. The van der Waals surface area contributed by atoms with Crippen LogP contribution < -0.4 is 10.2 Å². The van der Waals surface area contributed by atoms with Gasteiger partial charge in [-0.25, -0.2) is 4.39 Å². The highest BCUT2D eigenvalue weighted by Crippen LogP contribution is 2.37. The summed E-state index contributed by atoms with van der Waals surface area (Å²) in [4.78, 5) is 2.41. The molecule has 0 bridgehead atoms. The van der Waals surface area contributed by atoms with Gasteiger partial charge in [-0.1, -0.05) is 13.0 Å². The van der Waals surface area contributed by atoms with E-state index in [4.69, 9.17) is 0 Å². The molecule has 1 aromatic carbocycles. The Morgan fingerprint density at radius 3 is 2.84 bits per heavy atom. The van der Waals surface area contributed by atoms with Gasteiger partial charge in [0.25, 0.3) is 0 Å². The summed E-state index contributed by atoms with van der Waals surface area (Å²) in [5.74, 6) is -0.110. The molecule has 0 radical (unpaired) electrons. The van der Waals surface area contributed by atoms with Crippen LogP contribution >= 0.6 is 0 Å². The second-order valence-corrected chi connectivity index (χ2v) is 6.05. The van der Waals surface area contributed by atoms with Gasteiger partial charge >= 0.3 is 0 Å². The van der Waals surface area contributed by atoms with Crippen molar-refractivity contribution in [2.75, 3.05) is 31.1 Å². The topological polar surface area (TPSA) is 15.3 Å². The first-order valence-electron chi connectivity index (χ1n) is 7.47. The zero-order chi connectivity index (χ0) is 13.3. The van der Waals surface area contributed by atoms with Gasteiger partial charge in [0.15, 0.2) is 0 Å². The molecule has 3 rings (SSSR count). The summed E-state index contributed by atoms with van der Waals surface area (Å²) in [6.45, 7) is 6.68. The van der Waals surface area contributed by atoms with Gasteiger partial charge in [0.2, 0.25) is 0 Å². The molecule has 0 aliphatic carbocycles. The molecule has 0 amide bonds.